The maximum Gasteiger partial charge on any atom is 0.332 e. The lowest BCUT2D eigenvalue weighted by molar-refractivity contribution is -0.159. The van der Waals surface area contributed by atoms with Gasteiger partial charge in [0, 0.05) is 6.20 Å². The van der Waals surface area contributed by atoms with Crippen LogP contribution in [0.25, 0.3) is 0 Å². The van der Waals surface area contributed by atoms with Crippen LogP contribution in [-0.2, 0) is 36.0 Å². The van der Waals surface area contributed by atoms with Gasteiger partial charge in [-0.25, -0.2) is 9.78 Å². The van der Waals surface area contributed by atoms with E-state index in [0.717, 1.165) is 12.0 Å². The summed E-state index contributed by atoms with van der Waals surface area (Å²) in [6.45, 7) is 5.01. The van der Waals surface area contributed by atoms with E-state index in [9.17, 15) is 19.2 Å². The number of ether oxygens (including phenoxy) is 2. The number of hydrogen-bond acceptors (Lipinski definition) is 7. The molecule has 37 heavy (non-hydrogen) atoms. The number of nitrogens with one attached hydrogen (secondary N) is 3. The zero-order valence-electron chi connectivity index (χ0n) is 21.3. The summed E-state index contributed by atoms with van der Waals surface area (Å²) in [5.74, 6) is -2.22. The van der Waals surface area contributed by atoms with Crippen LogP contribution < -0.4 is 16.0 Å². The number of carbonyl (C=O) groups excluding carboxylic acids is 4. The van der Waals surface area contributed by atoms with Crippen molar-refractivity contribution in [3.63, 3.8) is 0 Å². The van der Waals surface area contributed by atoms with Gasteiger partial charge >= 0.3 is 5.97 Å². The highest BCUT2D eigenvalue weighted by atomic mass is 16.5. The van der Waals surface area contributed by atoms with Gasteiger partial charge in [0.25, 0.3) is 5.91 Å². The average molecular weight is 509 g/mol. The Balaban J connectivity index is 1.71. The molecule has 2 aromatic rings. The first-order chi connectivity index (χ1) is 17.6. The van der Waals surface area contributed by atoms with Crippen molar-refractivity contribution in [2.24, 2.45) is 0 Å². The smallest absolute Gasteiger partial charge is 0.332 e. The molecule has 1 aromatic heterocycles. The summed E-state index contributed by atoms with van der Waals surface area (Å²) in [6.07, 6.45) is 5.15. The Kier molecular flexibility index (Phi) is 9.09. The third-order valence-electron chi connectivity index (χ3n) is 6.19. The van der Waals surface area contributed by atoms with E-state index in [4.69, 9.17) is 17.3 Å². The third kappa shape index (κ3) is 6.97. The van der Waals surface area contributed by atoms with Crippen LogP contribution in [0.15, 0.2) is 42.9 Å². The van der Waals surface area contributed by atoms with Gasteiger partial charge in [-0.05, 0) is 45.6 Å². The van der Waals surface area contributed by atoms with Crippen LogP contribution >= 0.6 is 0 Å². The second kappa shape index (κ2) is 12.0. The molecule has 1 atom stereocenters. The van der Waals surface area contributed by atoms with Gasteiger partial charge in [-0.3, -0.25) is 14.4 Å². The molecule has 0 saturated heterocycles. The highest BCUT2D eigenvalue weighted by Gasteiger charge is 2.47. The summed E-state index contributed by atoms with van der Waals surface area (Å²) in [7, 11) is 5.17. The van der Waals surface area contributed by atoms with Crippen LogP contribution in [0, 0.1) is 0 Å². The van der Waals surface area contributed by atoms with E-state index >= 15 is 0 Å². The normalized spacial score (nSPS) is 15.1. The number of anilines is 1. The topological polar surface area (TPSA) is 141 Å². The number of imidazole rings is 1. The van der Waals surface area contributed by atoms with Crippen molar-refractivity contribution in [3.8, 4) is 0 Å². The summed E-state index contributed by atoms with van der Waals surface area (Å²) in [6, 6.07) is 8.25. The second-order valence-electron chi connectivity index (χ2n) is 9.40. The van der Waals surface area contributed by atoms with Gasteiger partial charge in [0.1, 0.15) is 17.1 Å². The zero-order chi connectivity index (χ0) is 27.1. The molecule has 1 heterocycles. The van der Waals surface area contributed by atoms with E-state index in [1.54, 1.807) is 17.7 Å². The standard InChI is InChI=1S/C25H32BN5O6/c1-4-37-22(34)25(11-8-12-25)31-13-19(27-16-31)29-20(32)18(15-36-14-17-9-6-5-7-10-17)28-21(33)24(2,3)30-23(26)35/h5-7,9-10,13,16,18H,4,8,11-12,14-15H2,1-3H3,(H,28,33)(H,29,32)(H,30,35). The van der Waals surface area contributed by atoms with Crippen molar-refractivity contribution in [2.45, 2.75) is 63.8 Å². The monoisotopic (exact) mass is 509 g/mol. The van der Waals surface area contributed by atoms with Gasteiger partial charge in [-0.15, -0.1) is 0 Å². The van der Waals surface area contributed by atoms with E-state index < -0.39 is 34.7 Å². The lowest BCUT2D eigenvalue weighted by Gasteiger charge is -2.40. The Labute approximate surface area is 217 Å². The molecule has 1 aromatic carbocycles. The van der Waals surface area contributed by atoms with Gasteiger partial charge in [0.15, 0.2) is 11.6 Å². The van der Waals surface area contributed by atoms with Crippen molar-refractivity contribution in [2.75, 3.05) is 18.5 Å². The van der Waals surface area contributed by atoms with Gasteiger partial charge in [0.05, 0.1) is 26.1 Å². The van der Waals surface area contributed by atoms with Crippen molar-refractivity contribution in [1.82, 2.24) is 20.2 Å². The minimum atomic E-state index is -1.37. The molecule has 1 aliphatic rings. The fraction of sp³-hybridized carbons (Fsp3) is 0.480. The van der Waals surface area contributed by atoms with Crippen LogP contribution in [-0.4, -0.2) is 65.8 Å². The third-order valence-corrected chi connectivity index (χ3v) is 6.19. The summed E-state index contributed by atoms with van der Waals surface area (Å²) in [5, 5.41) is 7.62. The first kappa shape index (κ1) is 27.9. The predicted molar refractivity (Wildman–Crippen MR) is 136 cm³/mol. The SMILES string of the molecule is [B]C(=O)NC(C)(C)C(=O)NC(COCc1ccccc1)C(=O)Nc1cn(C2(C(=O)OCC)CCC2)cn1. The minimum absolute atomic E-state index is 0.146. The largest absolute Gasteiger partial charge is 0.464 e. The van der Waals surface area contributed by atoms with Crippen LogP contribution in [0.1, 0.15) is 45.6 Å². The van der Waals surface area contributed by atoms with E-state index in [0.29, 0.717) is 12.8 Å². The lowest BCUT2D eigenvalue weighted by atomic mass is 9.76. The number of carbonyl (C=O) groups is 4. The maximum atomic E-state index is 13.2. The molecule has 3 rings (SSSR count). The van der Waals surface area contributed by atoms with E-state index in [-0.39, 0.29) is 31.6 Å². The molecule has 12 heteroatoms. The maximum absolute atomic E-state index is 13.2. The number of amides is 3. The number of aromatic nitrogens is 2. The number of rotatable bonds is 12. The summed E-state index contributed by atoms with van der Waals surface area (Å²) >= 11 is 0. The first-order valence-corrected chi connectivity index (χ1v) is 12.1. The van der Waals surface area contributed by atoms with Crippen molar-refractivity contribution in [3.05, 3.63) is 48.4 Å². The van der Waals surface area contributed by atoms with Gasteiger partial charge in [-0.1, -0.05) is 30.3 Å². The van der Waals surface area contributed by atoms with Crippen LogP contribution in [0.2, 0.25) is 0 Å². The number of nitrogens with zero attached hydrogens (tertiary/aromatic N) is 2. The van der Waals surface area contributed by atoms with E-state index in [1.807, 2.05) is 30.3 Å². The highest BCUT2D eigenvalue weighted by Crippen LogP contribution is 2.40. The van der Waals surface area contributed by atoms with Crippen LogP contribution in [0.5, 0.6) is 0 Å². The van der Waals surface area contributed by atoms with Gasteiger partial charge < -0.3 is 30.0 Å². The van der Waals surface area contributed by atoms with Crippen molar-refractivity contribution < 1.29 is 28.7 Å². The Morgan fingerprint density at radius 3 is 2.49 bits per heavy atom. The molecule has 0 spiro atoms. The molecule has 1 aliphatic carbocycles. The van der Waals surface area contributed by atoms with Crippen LogP contribution in [0.3, 0.4) is 0 Å². The first-order valence-electron chi connectivity index (χ1n) is 12.1. The van der Waals surface area contributed by atoms with E-state index in [2.05, 4.69) is 20.9 Å². The molecule has 3 N–H and O–H groups in total. The highest BCUT2D eigenvalue weighted by molar-refractivity contribution is 6.57. The van der Waals surface area contributed by atoms with E-state index in [1.165, 1.54) is 20.2 Å². The van der Waals surface area contributed by atoms with Gasteiger partial charge in [-0.2, -0.15) is 0 Å². The fourth-order valence-electron chi connectivity index (χ4n) is 3.93. The molecular formula is C25H32BN5O6. The molecule has 196 valence electrons. The Morgan fingerprint density at radius 2 is 1.89 bits per heavy atom. The minimum Gasteiger partial charge on any atom is -0.464 e. The summed E-state index contributed by atoms with van der Waals surface area (Å²) in [5.41, 5.74) is -1.31. The Bertz CT molecular complexity index is 1120. The second-order valence-corrected chi connectivity index (χ2v) is 9.40. The lowest BCUT2D eigenvalue weighted by Crippen LogP contribution is -2.59. The molecule has 3 amide bonds. The van der Waals surface area contributed by atoms with Crippen molar-refractivity contribution in [1.29, 1.82) is 0 Å². The number of hydrogen-bond donors (Lipinski definition) is 3. The predicted octanol–water partition coefficient (Wildman–Crippen LogP) is 1.62. The summed E-state index contributed by atoms with van der Waals surface area (Å²) < 4.78 is 12.6. The zero-order valence-corrected chi connectivity index (χ0v) is 21.3. The molecule has 1 unspecified atom stereocenters. The van der Waals surface area contributed by atoms with Crippen LogP contribution in [0.4, 0.5) is 10.6 Å². The molecular weight excluding hydrogens is 477 g/mol. The Hall–Kier alpha value is -3.67. The molecule has 0 bridgehead atoms. The fourth-order valence-corrected chi connectivity index (χ4v) is 3.93. The molecule has 1 fully saturated rings. The number of esters is 1. The quantitative estimate of drug-likeness (QED) is 0.292. The molecule has 0 aliphatic heterocycles. The average Bonchev–Trinajstić information content (AvgIpc) is 3.25. The Morgan fingerprint density at radius 1 is 1.19 bits per heavy atom. The number of benzene rings is 1. The van der Waals surface area contributed by atoms with Gasteiger partial charge in [0.2, 0.25) is 13.8 Å². The molecule has 1 saturated carbocycles. The summed E-state index contributed by atoms with van der Waals surface area (Å²) in [4.78, 5) is 54.1. The molecule has 2 radical (unpaired) electrons. The molecule has 11 nitrogen and oxygen atoms in total. The van der Waals surface area contributed by atoms with Crippen molar-refractivity contribution >= 4 is 37.3 Å².